The van der Waals surface area contributed by atoms with Crippen LogP contribution in [-0.4, -0.2) is 60.2 Å². The first-order valence-corrected chi connectivity index (χ1v) is 8.70. The highest BCUT2D eigenvalue weighted by Crippen LogP contribution is 2.25. The third-order valence-electron chi connectivity index (χ3n) is 4.21. The Hall–Kier alpha value is -0.260. The molecule has 108 valence electrons. The van der Waals surface area contributed by atoms with E-state index in [1.54, 1.807) is 0 Å². The van der Waals surface area contributed by atoms with Crippen LogP contribution in [0.25, 0.3) is 0 Å². The molecule has 0 bridgehead atoms. The normalized spacial score (nSPS) is 30.7. The van der Waals surface area contributed by atoms with Gasteiger partial charge in [0.2, 0.25) is 5.91 Å². The van der Waals surface area contributed by atoms with Crippen molar-refractivity contribution in [3.8, 4) is 0 Å². The van der Waals surface area contributed by atoms with Crippen LogP contribution < -0.4 is 5.32 Å². The van der Waals surface area contributed by atoms with E-state index in [0.29, 0.717) is 18.6 Å². The maximum Gasteiger partial charge on any atom is 0.236 e. The lowest BCUT2D eigenvalue weighted by Crippen LogP contribution is -2.48. The van der Waals surface area contributed by atoms with Crippen LogP contribution in [0.1, 0.15) is 32.1 Å². The smallest absolute Gasteiger partial charge is 0.236 e. The summed E-state index contributed by atoms with van der Waals surface area (Å²) in [6.07, 6.45) is 6.14. The fraction of sp³-hybridized carbons (Fsp3) is 0.929. The minimum Gasteiger partial charge on any atom is -0.376 e. The third-order valence-corrected chi connectivity index (χ3v) is 5.36. The fourth-order valence-corrected chi connectivity index (χ4v) is 4.07. The van der Waals surface area contributed by atoms with Crippen LogP contribution in [0.4, 0.5) is 0 Å². The number of carbonyl (C=O) groups is 1. The van der Waals surface area contributed by atoms with E-state index in [0.717, 1.165) is 38.2 Å². The Labute approximate surface area is 119 Å². The monoisotopic (exact) mass is 284 g/mol. The van der Waals surface area contributed by atoms with Crippen LogP contribution in [0.15, 0.2) is 0 Å². The number of ether oxygens (including phenoxy) is 1. The number of nitrogens with one attached hydrogen (secondary N) is 1. The van der Waals surface area contributed by atoms with E-state index in [-0.39, 0.29) is 12.0 Å². The number of carbonyl (C=O) groups excluding carboxylic acids is 1. The summed E-state index contributed by atoms with van der Waals surface area (Å²) in [6, 6.07) is 1.04. The van der Waals surface area contributed by atoms with Crippen LogP contribution in [0.5, 0.6) is 0 Å². The Bertz CT molecular complexity index is 311. The van der Waals surface area contributed by atoms with Crippen LogP contribution in [0.2, 0.25) is 0 Å². The molecule has 2 saturated heterocycles. The largest absolute Gasteiger partial charge is 0.376 e. The van der Waals surface area contributed by atoms with Gasteiger partial charge in [0.25, 0.3) is 0 Å². The van der Waals surface area contributed by atoms with Crippen molar-refractivity contribution in [2.24, 2.45) is 0 Å². The molecule has 0 aromatic rings. The molecule has 1 amide bonds. The lowest BCUT2D eigenvalue weighted by atomic mass is 10.1. The third kappa shape index (κ3) is 3.86. The van der Waals surface area contributed by atoms with Crippen LogP contribution >= 0.6 is 11.8 Å². The van der Waals surface area contributed by atoms with Crippen LogP contribution in [-0.2, 0) is 9.53 Å². The van der Waals surface area contributed by atoms with Gasteiger partial charge in [-0.2, -0.15) is 11.8 Å². The molecule has 3 rings (SSSR count). The number of rotatable bonds is 6. The Morgan fingerprint density at radius 1 is 1.32 bits per heavy atom. The van der Waals surface area contributed by atoms with Gasteiger partial charge in [0.1, 0.15) is 0 Å². The first-order valence-electron chi connectivity index (χ1n) is 7.55. The van der Waals surface area contributed by atoms with Crippen molar-refractivity contribution < 1.29 is 9.53 Å². The van der Waals surface area contributed by atoms with Gasteiger partial charge in [-0.05, 0) is 37.9 Å². The second-order valence-corrected chi connectivity index (χ2v) is 7.00. The molecule has 3 fully saturated rings. The minimum absolute atomic E-state index is 0.273. The number of amides is 1. The summed E-state index contributed by atoms with van der Waals surface area (Å²) < 4.78 is 5.71. The summed E-state index contributed by atoms with van der Waals surface area (Å²) >= 11 is 1.97. The highest BCUT2D eigenvalue weighted by atomic mass is 32.2. The average molecular weight is 284 g/mol. The number of thioether (sulfide) groups is 1. The van der Waals surface area contributed by atoms with E-state index < -0.39 is 0 Å². The zero-order valence-electron chi connectivity index (χ0n) is 11.5. The maximum absolute atomic E-state index is 12.4. The lowest BCUT2D eigenvalue weighted by Gasteiger charge is -2.31. The lowest BCUT2D eigenvalue weighted by molar-refractivity contribution is -0.133. The van der Waals surface area contributed by atoms with Crippen molar-refractivity contribution in [1.29, 1.82) is 0 Å². The molecule has 5 heteroatoms. The van der Waals surface area contributed by atoms with Crippen molar-refractivity contribution >= 4 is 17.7 Å². The molecule has 1 saturated carbocycles. The molecule has 3 aliphatic rings. The van der Waals surface area contributed by atoms with E-state index in [2.05, 4.69) is 10.2 Å². The summed E-state index contributed by atoms with van der Waals surface area (Å²) in [5.74, 6) is 2.56. The topological polar surface area (TPSA) is 41.6 Å². The molecular formula is C14H24N2O2S. The van der Waals surface area contributed by atoms with Gasteiger partial charge in [-0.3, -0.25) is 4.79 Å². The second-order valence-electron chi connectivity index (χ2n) is 5.85. The van der Waals surface area contributed by atoms with E-state index in [1.165, 1.54) is 18.6 Å². The quantitative estimate of drug-likeness (QED) is 0.797. The van der Waals surface area contributed by atoms with Gasteiger partial charge < -0.3 is 15.0 Å². The molecule has 2 atom stereocenters. The first-order chi connectivity index (χ1) is 9.33. The van der Waals surface area contributed by atoms with Gasteiger partial charge in [0, 0.05) is 31.0 Å². The summed E-state index contributed by atoms with van der Waals surface area (Å²) in [6.45, 7) is 2.18. The Morgan fingerprint density at radius 3 is 2.84 bits per heavy atom. The summed E-state index contributed by atoms with van der Waals surface area (Å²) in [5.41, 5.74) is 0. The fourth-order valence-electron chi connectivity index (χ4n) is 2.85. The van der Waals surface area contributed by atoms with Crippen LogP contribution in [0, 0.1) is 0 Å². The molecule has 0 aromatic carbocycles. The van der Waals surface area contributed by atoms with E-state index >= 15 is 0 Å². The van der Waals surface area contributed by atoms with Gasteiger partial charge in [-0.25, -0.2) is 0 Å². The average Bonchev–Trinajstić information content (AvgIpc) is 2.91. The summed E-state index contributed by atoms with van der Waals surface area (Å²) in [5, 5.41) is 3.35. The number of hydrogen-bond acceptors (Lipinski definition) is 4. The molecule has 2 unspecified atom stereocenters. The maximum atomic E-state index is 12.4. The van der Waals surface area contributed by atoms with Crippen molar-refractivity contribution in [1.82, 2.24) is 10.2 Å². The van der Waals surface area contributed by atoms with Crippen LogP contribution in [0.3, 0.4) is 0 Å². The van der Waals surface area contributed by atoms with Gasteiger partial charge >= 0.3 is 0 Å². The number of hydrogen-bond donors (Lipinski definition) is 1. The molecule has 4 nitrogen and oxygen atoms in total. The Morgan fingerprint density at radius 2 is 2.21 bits per heavy atom. The van der Waals surface area contributed by atoms with Gasteiger partial charge in [-0.1, -0.05) is 0 Å². The van der Waals surface area contributed by atoms with E-state index in [1.807, 2.05) is 11.8 Å². The minimum atomic E-state index is 0.273. The molecule has 19 heavy (non-hydrogen) atoms. The van der Waals surface area contributed by atoms with Crippen molar-refractivity contribution in [2.75, 3.05) is 31.2 Å². The summed E-state index contributed by atoms with van der Waals surface area (Å²) in [7, 11) is 0. The zero-order chi connectivity index (χ0) is 13.1. The molecule has 0 radical (unpaired) electrons. The van der Waals surface area contributed by atoms with Gasteiger partial charge in [0.15, 0.2) is 0 Å². The highest BCUT2D eigenvalue weighted by Gasteiger charge is 2.31. The van der Waals surface area contributed by atoms with Gasteiger partial charge in [-0.15, -0.1) is 0 Å². The zero-order valence-corrected chi connectivity index (χ0v) is 12.3. The van der Waals surface area contributed by atoms with Crippen molar-refractivity contribution in [3.63, 3.8) is 0 Å². The number of nitrogens with zero attached hydrogens (tertiary/aromatic N) is 1. The first kappa shape index (κ1) is 13.7. The molecule has 1 aliphatic carbocycles. The van der Waals surface area contributed by atoms with Crippen molar-refractivity contribution in [3.05, 3.63) is 0 Å². The molecule has 0 spiro atoms. The summed E-state index contributed by atoms with van der Waals surface area (Å²) in [4.78, 5) is 14.6. The van der Waals surface area contributed by atoms with E-state index in [4.69, 9.17) is 4.74 Å². The van der Waals surface area contributed by atoms with E-state index in [9.17, 15) is 4.79 Å². The van der Waals surface area contributed by atoms with Gasteiger partial charge in [0.05, 0.1) is 12.6 Å². The molecule has 2 heterocycles. The second kappa shape index (κ2) is 6.46. The predicted octanol–water partition coefficient (Wildman–Crippen LogP) is 1.25. The van der Waals surface area contributed by atoms with Crippen molar-refractivity contribution in [2.45, 2.75) is 50.3 Å². The Balaban J connectivity index is 1.54. The predicted molar refractivity (Wildman–Crippen MR) is 77.4 cm³/mol. The molecule has 2 aliphatic heterocycles. The molecule has 0 aromatic heterocycles. The molecular weight excluding hydrogens is 260 g/mol. The standard InChI is InChI=1S/C14H24N2O2S/c17-14(8-15-11-3-4-11)16(12-5-7-19-10-12)9-13-2-1-6-18-13/h11-13,15H,1-10H2. The highest BCUT2D eigenvalue weighted by molar-refractivity contribution is 7.99. The molecule has 1 N–H and O–H groups in total. The SMILES string of the molecule is O=C(CNC1CC1)N(CC1CCCO1)C1CCSC1. The Kier molecular flexibility index (Phi) is 4.66.